The van der Waals surface area contributed by atoms with E-state index in [1.807, 2.05) is 6.07 Å². The van der Waals surface area contributed by atoms with Crippen LogP contribution in [0.15, 0.2) is 18.2 Å². The van der Waals surface area contributed by atoms with Crippen molar-refractivity contribution in [3.05, 3.63) is 29.3 Å². The third kappa shape index (κ3) is 3.30. The summed E-state index contributed by atoms with van der Waals surface area (Å²) in [6.45, 7) is 3.84. The number of carbonyl (C=O) groups excluding carboxylic acids is 3. The van der Waals surface area contributed by atoms with E-state index in [2.05, 4.69) is 10.2 Å². The summed E-state index contributed by atoms with van der Waals surface area (Å²) in [6.07, 6.45) is 2.35. The highest BCUT2D eigenvalue weighted by Crippen LogP contribution is 2.48. The van der Waals surface area contributed by atoms with E-state index in [-0.39, 0.29) is 24.3 Å². The van der Waals surface area contributed by atoms with E-state index in [0.29, 0.717) is 30.6 Å². The largest absolute Gasteiger partial charge is 0.492 e. The zero-order chi connectivity index (χ0) is 20.2. The predicted molar refractivity (Wildman–Crippen MR) is 102 cm³/mol. The second kappa shape index (κ2) is 6.81. The van der Waals surface area contributed by atoms with E-state index in [1.54, 1.807) is 17.0 Å². The first kappa shape index (κ1) is 18.6. The van der Waals surface area contributed by atoms with Crippen molar-refractivity contribution in [3.8, 4) is 5.75 Å². The molecule has 29 heavy (non-hydrogen) atoms. The number of imide groups is 1. The molecule has 2 N–H and O–H groups in total. The Morgan fingerprint density at radius 2 is 2.00 bits per heavy atom. The molecule has 3 aliphatic heterocycles. The Labute approximate surface area is 168 Å². The maximum atomic E-state index is 12.7. The third-order valence-electron chi connectivity index (χ3n) is 6.63. The Morgan fingerprint density at radius 1 is 1.21 bits per heavy atom. The van der Waals surface area contributed by atoms with Crippen molar-refractivity contribution in [2.75, 3.05) is 26.2 Å². The molecule has 4 aliphatic rings. The lowest BCUT2D eigenvalue weighted by Gasteiger charge is -2.57. The normalized spacial score (nSPS) is 26.2. The molecule has 1 atom stereocenters. The number of likely N-dealkylation sites (tertiary alicyclic amines) is 1. The van der Waals surface area contributed by atoms with E-state index in [9.17, 15) is 19.5 Å². The lowest BCUT2D eigenvalue weighted by atomic mass is 9.62. The summed E-state index contributed by atoms with van der Waals surface area (Å²) < 4.78 is 5.88. The minimum atomic E-state index is -0.597. The molecule has 1 spiro atoms. The van der Waals surface area contributed by atoms with Crippen molar-refractivity contribution in [1.29, 1.82) is 0 Å². The molecule has 0 aromatic heterocycles. The van der Waals surface area contributed by atoms with Crippen LogP contribution in [0.2, 0.25) is 0 Å². The highest BCUT2D eigenvalue weighted by atomic mass is 16.5. The van der Waals surface area contributed by atoms with Gasteiger partial charge in [-0.2, -0.15) is 0 Å². The van der Waals surface area contributed by atoms with Gasteiger partial charge in [-0.15, -0.1) is 0 Å². The Bertz CT molecular complexity index is 871. The van der Waals surface area contributed by atoms with Crippen LogP contribution in [-0.4, -0.2) is 71.0 Å². The number of rotatable bonds is 5. The number of nitrogens with one attached hydrogen (secondary N) is 1. The molecule has 1 unspecified atom stereocenters. The summed E-state index contributed by atoms with van der Waals surface area (Å²) in [5.74, 6) is -0.136. The number of ether oxygens (including phenoxy) is 1. The van der Waals surface area contributed by atoms with E-state index in [4.69, 9.17) is 4.74 Å². The molecule has 0 radical (unpaired) electrons. The molecule has 5 rings (SSSR count). The maximum Gasteiger partial charge on any atom is 0.255 e. The van der Waals surface area contributed by atoms with E-state index < -0.39 is 11.9 Å². The highest BCUT2D eigenvalue weighted by molar-refractivity contribution is 6.05. The molecular weight excluding hydrogens is 374 g/mol. The van der Waals surface area contributed by atoms with Gasteiger partial charge in [0.2, 0.25) is 11.8 Å². The fourth-order valence-electron chi connectivity index (χ4n) is 5.19. The second-order valence-corrected chi connectivity index (χ2v) is 8.84. The zero-order valence-corrected chi connectivity index (χ0v) is 16.2. The number of aliphatic hydroxyl groups excluding tert-OH is 1. The van der Waals surface area contributed by atoms with Gasteiger partial charge in [-0.1, -0.05) is 0 Å². The first-order valence-corrected chi connectivity index (χ1v) is 10.2. The first-order valence-electron chi connectivity index (χ1n) is 10.2. The highest BCUT2D eigenvalue weighted by Gasteiger charge is 2.51. The standard InChI is InChI=1S/C21H25N3O5/c25-14-8-21(9-14)11-23(12-21)5-6-29-15-1-2-16-13(7-15)10-24(20(16)28)17-3-4-18(26)22-19(17)27/h1-2,7,14,17,25H,3-6,8-12H2,(H,22,26,27). The van der Waals surface area contributed by atoms with Crippen LogP contribution >= 0.6 is 0 Å². The SMILES string of the molecule is O=C1CCC(N2Cc3cc(OCCN4CC5(CC(O)C5)C4)ccc3C2=O)C(=O)N1. The number of fused-ring (bicyclic) bond motifs is 1. The van der Waals surface area contributed by atoms with Gasteiger partial charge in [-0.3, -0.25) is 24.6 Å². The average Bonchev–Trinajstić information content (AvgIpc) is 2.94. The van der Waals surface area contributed by atoms with Gasteiger partial charge in [0.25, 0.3) is 5.91 Å². The number of amides is 3. The summed E-state index contributed by atoms with van der Waals surface area (Å²) in [5.41, 5.74) is 1.80. The fraction of sp³-hybridized carbons (Fsp3) is 0.571. The minimum Gasteiger partial charge on any atom is -0.492 e. The molecule has 1 aliphatic carbocycles. The number of aliphatic hydroxyl groups is 1. The molecule has 0 bridgehead atoms. The van der Waals surface area contributed by atoms with Crippen LogP contribution in [0.1, 0.15) is 41.6 Å². The van der Waals surface area contributed by atoms with Gasteiger partial charge in [0, 0.05) is 43.6 Å². The van der Waals surface area contributed by atoms with Gasteiger partial charge in [0.05, 0.1) is 6.10 Å². The van der Waals surface area contributed by atoms with Crippen molar-refractivity contribution in [2.24, 2.45) is 5.41 Å². The molecule has 2 saturated heterocycles. The van der Waals surface area contributed by atoms with Crippen LogP contribution in [0.25, 0.3) is 0 Å². The van der Waals surface area contributed by atoms with E-state index in [0.717, 1.165) is 43.8 Å². The molecule has 8 heteroatoms. The molecule has 154 valence electrons. The minimum absolute atomic E-state index is 0.109. The Kier molecular flexibility index (Phi) is 4.36. The van der Waals surface area contributed by atoms with Crippen molar-refractivity contribution < 1.29 is 24.2 Å². The Morgan fingerprint density at radius 3 is 2.72 bits per heavy atom. The molecular formula is C21H25N3O5. The van der Waals surface area contributed by atoms with Crippen molar-refractivity contribution >= 4 is 17.7 Å². The van der Waals surface area contributed by atoms with Gasteiger partial charge >= 0.3 is 0 Å². The van der Waals surface area contributed by atoms with Gasteiger partial charge in [-0.25, -0.2) is 0 Å². The molecule has 3 amide bonds. The summed E-state index contributed by atoms with van der Waals surface area (Å²) in [5, 5.41) is 11.8. The predicted octanol–water partition coefficient (Wildman–Crippen LogP) is 0.283. The van der Waals surface area contributed by atoms with Crippen LogP contribution in [0.3, 0.4) is 0 Å². The number of nitrogens with zero attached hydrogens (tertiary/aromatic N) is 2. The van der Waals surface area contributed by atoms with Crippen LogP contribution in [0.4, 0.5) is 0 Å². The summed E-state index contributed by atoms with van der Waals surface area (Å²) >= 11 is 0. The summed E-state index contributed by atoms with van der Waals surface area (Å²) in [7, 11) is 0. The lowest BCUT2D eigenvalue weighted by Crippen LogP contribution is -2.64. The molecule has 8 nitrogen and oxygen atoms in total. The Balaban J connectivity index is 1.15. The number of benzene rings is 1. The maximum absolute atomic E-state index is 12.7. The van der Waals surface area contributed by atoms with Crippen LogP contribution < -0.4 is 10.1 Å². The topological polar surface area (TPSA) is 99.2 Å². The smallest absolute Gasteiger partial charge is 0.255 e. The van der Waals surface area contributed by atoms with Crippen molar-refractivity contribution in [2.45, 2.75) is 44.4 Å². The molecule has 3 fully saturated rings. The second-order valence-electron chi connectivity index (χ2n) is 8.84. The molecule has 1 aromatic rings. The van der Waals surface area contributed by atoms with Gasteiger partial charge < -0.3 is 14.7 Å². The monoisotopic (exact) mass is 399 g/mol. The van der Waals surface area contributed by atoms with Crippen LogP contribution in [0.5, 0.6) is 5.75 Å². The number of hydrogen-bond acceptors (Lipinski definition) is 6. The fourth-order valence-corrected chi connectivity index (χ4v) is 5.19. The molecule has 1 aromatic carbocycles. The summed E-state index contributed by atoms with van der Waals surface area (Å²) in [4.78, 5) is 40.1. The van der Waals surface area contributed by atoms with Gasteiger partial charge in [-0.05, 0) is 43.0 Å². The van der Waals surface area contributed by atoms with Crippen molar-refractivity contribution in [1.82, 2.24) is 15.1 Å². The molecule has 1 saturated carbocycles. The first-order chi connectivity index (χ1) is 13.9. The lowest BCUT2D eigenvalue weighted by molar-refractivity contribution is -0.136. The Hall–Kier alpha value is -2.45. The number of hydrogen-bond donors (Lipinski definition) is 2. The van der Waals surface area contributed by atoms with E-state index in [1.165, 1.54) is 0 Å². The van der Waals surface area contributed by atoms with Crippen molar-refractivity contribution in [3.63, 3.8) is 0 Å². The zero-order valence-electron chi connectivity index (χ0n) is 16.2. The third-order valence-corrected chi connectivity index (χ3v) is 6.63. The van der Waals surface area contributed by atoms with Crippen LogP contribution in [-0.2, 0) is 16.1 Å². The number of carbonyl (C=O) groups is 3. The average molecular weight is 399 g/mol. The summed E-state index contributed by atoms with van der Waals surface area (Å²) in [6, 6.07) is 4.83. The van der Waals surface area contributed by atoms with Gasteiger partial charge in [0.15, 0.2) is 0 Å². The quantitative estimate of drug-likeness (QED) is 0.691. The van der Waals surface area contributed by atoms with Crippen LogP contribution in [0, 0.1) is 5.41 Å². The van der Waals surface area contributed by atoms with Gasteiger partial charge in [0.1, 0.15) is 18.4 Å². The number of piperidine rings is 1. The van der Waals surface area contributed by atoms with E-state index >= 15 is 0 Å². The molecule has 3 heterocycles.